The van der Waals surface area contributed by atoms with Gasteiger partial charge in [-0.15, -0.1) is 0 Å². The SMILES string of the molecule is N#Cc1cc(F)cc(Oc2cnc(Br)c3c2C(=O)C(F)C32OCCO2)c1. The average molecular weight is 423 g/mol. The first-order valence-electron chi connectivity index (χ1n) is 7.50. The van der Waals surface area contributed by atoms with Gasteiger partial charge < -0.3 is 14.2 Å². The standard InChI is InChI=1S/C17H9BrF2N2O4/c18-16-13-12(14(23)15(20)17(13)24-1-2-25-17)11(7-22-16)26-10-4-8(6-21)3-9(19)5-10/h3-5,7,15H,1-2H2. The molecule has 0 amide bonds. The first-order valence-corrected chi connectivity index (χ1v) is 8.29. The molecule has 1 atom stereocenters. The maximum Gasteiger partial charge on any atom is 0.238 e. The van der Waals surface area contributed by atoms with E-state index in [0.29, 0.717) is 0 Å². The average Bonchev–Trinajstić information content (AvgIpc) is 3.18. The normalized spacial score (nSPS) is 20.2. The van der Waals surface area contributed by atoms with Crippen LogP contribution in [0, 0.1) is 17.1 Å². The third-order valence-electron chi connectivity index (χ3n) is 4.10. The number of hydrogen-bond acceptors (Lipinski definition) is 6. The van der Waals surface area contributed by atoms with Gasteiger partial charge in [0.2, 0.25) is 17.7 Å². The Bertz CT molecular complexity index is 970. The summed E-state index contributed by atoms with van der Waals surface area (Å²) in [5.41, 5.74) is 0.0429. The van der Waals surface area contributed by atoms with Crippen LogP contribution in [-0.4, -0.2) is 30.2 Å². The van der Waals surface area contributed by atoms with E-state index in [4.69, 9.17) is 19.5 Å². The van der Waals surface area contributed by atoms with Gasteiger partial charge in [0.25, 0.3) is 0 Å². The zero-order chi connectivity index (χ0) is 18.5. The Balaban J connectivity index is 1.84. The van der Waals surface area contributed by atoms with Gasteiger partial charge in [-0.25, -0.2) is 13.8 Å². The molecular formula is C17H9BrF2N2O4. The summed E-state index contributed by atoms with van der Waals surface area (Å²) in [6, 6.07) is 5.17. The highest BCUT2D eigenvalue weighted by atomic mass is 79.9. The minimum Gasteiger partial charge on any atom is -0.455 e. The van der Waals surface area contributed by atoms with Crippen molar-refractivity contribution in [2.45, 2.75) is 12.0 Å². The summed E-state index contributed by atoms with van der Waals surface area (Å²) in [5.74, 6) is -3.53. The Hall–Kier alpha value is -2.41. The van der Waals surface area contributed by atoms with Gasteiger partial charge in [0.05, 0.1) is 42.2 Å². The molecule has 1 unspecified atom stereocenters. The van der Waals surface area contributed by atoms with Crippen LogP contribution in [0.5, 0.6) is 11.5 Å². The number of Topliss-reactive ketones (excluding diaryl/α,β-unsaturated/α-hetero) is 1. The lowest BCUT2D eigenvalue weighted by molar-refractivity contribution is -0.192. The number of alkyl halides is 1. The van der Waals surface area contributed by atoms with Gasteiger partial charge >= 0.3 is 0 Å². The van der Waals surface area contributed by atoms with Crippen LogP contribution < -0.4 is 4.74 Å². The van der Waals surface area contributed by atoms with Crippen molar-refractivity contribution >= 4 is 21.7 Å². The Morgan fingerprint density at radius 2 is 2.08 bits per heavy atom. The molecule has 0 bridgehead atoms. The van der Waals surface area contributed by atoms with E-state index < -0.39 is 23.6 Å². The van der Waals surface area contributed by atoms with E-state index in [1.54, 1.807) is 6.07 Å². The van der Waals surface area contributed by atoms with Gasteiger partial charge in [-0.2, -0.15) is 5.26 Å². The van der Waals surface area contributed by atoms with E-state index in [9.17, 15) is 13.6 Å². The van der Waals surface area contributed by atoms with E-state index in [1.807, 2.05) is 0 Å². The van der Waals surface area contributed by atoms with Gasteiger partial charge in [-0.3, -0.25) is 4.79 Å². The van der Waals surface area contributed by atoms with Crippen LogP contribution >= 0.6 is 15.9 Å². The fourth-order valence-corrected chi connectivity index (χ4v) is 3.65. The molecule has 4 rings (SSSR count). The Morgan fingerprint density at radius 3 is 2.77 bits per heavy atom. The largest absolute Gasteiger partial charge is 0.455 e. The summed E-state index contributed by atoms with van der Waals surface area (Å²) in [5, 5.41) is 8.93. The second kappa shape index (κ2) is 6.09. The molecule has 1 saturated heterocycles. The monoisotopic (exact) mass is 422 g/mol. The van der Waals surface area contributed by atoms with E-state index in [0.717, 1.165) is 12.1 Å². The number of carbonyl (C=O) groups is 1. The number of nitriles is 1. The molecule has 1 aromatic heterocycles. The van der Waals surface area contributed by atoms with Crippen LogP contribution in [0.4, 0.5) is 8.78 Å². The second-order valence-corrected chi connectivity index (χ2v) is 6.40. The van der Waals surface area contributed by atoms with E-state index in [1.165, 1.54) is 12.3 Å². The van der Waals surface area contributed by atoms with Crippen LogP contribution in [0.25, 0.3) is 0 Å². The second-order valence-electron chi connectivity index (χ2n) is 5.64. The molecular weight excluding hydrogens is 414 g/mol. The predicted octanol–water partition coefficient (Wildman–Crippen LogP) is 3.38. The van der Waals surface area contributed by atoms with E-state index >= 15 is 0 Å². The maximum absolute atomic E-state index is 14.7. The molecule has 0 radical (unpaired) electrons. The van der Waals surface area contributed by atoms with Crippen molar-refractivity contribution in [1.82, 2.24) is 4.98 Å². The first-order chi connectivity index (χ1) is 12.5. The molecule has 0 saturated carbocycles. The summed E-state index contributed by atoms with van der Waals surface area (Å²) in [7, 11) is 0. The molecule has 1 spiro atoms. The first kappa shape index (κ1) is 17.0. The third-order valence-corrected chi connectivity index (χ3v) is 4.70. The summed E-state index contributed by atoms with van der Waals surface area (Å²) < 4.78 is 44.9. The van der Waals surface area contributed by atoms with Gasteiger partial charge in [0.15, 0.2) is 5.75 Å². The number of rotatable bonds is 2. The van der Waals surface area contributed by atoms with Crippen molar-refractivity contribution in [1.29, 1.82) is 5.26 Å². The zero-order valence-corrected chi connectivity index (χ0v) is 14.5. The highest BCUT2D eigenvalue weighted by Gasteiger charge is 2.60. The molecule has 2 aromatic rings. The maximum atomic E-state index is 14.7. The lowest BCUT2D eigenvalue weighted by Crippen LogP contribution is -2.36. The molecule has 2 heterocycles. The molecule has 0 N–H and O–H groups in total. The van der Waals surface area contributed by atoms with Crippen LogP contribution in [0.15, 0.2) is 29.0 Å². The van der Waals surface area contributed by atoms with Crippen molar-refractivity contribution < 1.29 is 27.8 Å². The van der Waals surface area contributed by atoms with Crippen molar-refractivity contribution in [3.05, 3.63) is 51.5 Å². The molecule has 2 aliphatic rings. The fourth-order valence-electron chi connectivity index (χ4n) is 3.07. The molecule has 1 aromatic carbocycles. The highest BCUT2D eigenvalue weighted by molar-refractivity contribution is 9.10. The van der Waals surface area contributed by atoms with Crippen molar-refractivity contribution in [3.63, 3.8) is 0 Å². The van der Waals surface area contributed by atoms with Crippen LogP contribution in [0.2, 0.25) is 0 Å². The number of ether oxygens (including phenoxy) is 3. The van der Waals surface area contributed by atoms with Gasteiger partial charge in [-0.1, -0.05) is 0 Å². The van der Waals surface area contributed by atoms with Gasteiger partial charge in [0, 0.05) is 6.07 Å². The summed E-state index contributed by atoms with van der Waals surface area (Å²) in [4.78, 5) is 16.6. The van der Waals surface area contributed by atoms with Gasteiger partial charge in [-0.05, 0) is 28.1 Å². The molecule has 1 aliphatic carbocycles. The lowest BCUT2D eigenvalue weighted by Gasteiger charge is -2.24. The van der Waals surface area contributed by atoms with E-state index in [2.05, 4.69) is 20.9 Å². The zero-order valence-electron chi connectivity index (χ0n) is 13.0. The van der Waals surface area contributed by atoms with Crippen LogP contribution in [0.1, 0.15) is 21.5 Å². The smallest absolute Gasteiger partial charge is 0.238 e. The molecule has 26 heavy (non-hydrogen) atoms. The molecule has 9 heteroatoms. The fraction of sp³-hybridized carbons (Fsp3) is 0.235. The number of fused-ring (bicyclic) bond motifs is 2. The van der Waals surface area contributed by atoms with E-state index in [-0.39, 0.29) is 46.0 Å². The summed E-state index contributed by atoms with van der Waals surface area (Å²) >= 11 is 3.19. The minimum atomic E-state index is -2.08. The number of pyridine rings is 1. The highest BCUT2D eigenvalue weighted by Crippen LogP contribution is 2.50. The minimum absolute atomic E-state index is 0.0229. The van der Waals surface area contributed by atoms with Crippen molar-refractivity contribution in [2.24, 2.45) is 0 Å². The molecule has 6 nitrogen and oxygen atoms in total. The third kappa shape index (κ3) is 2.41. The summed E-state index contributed by atoms with van der Waals surface area (Å²) in [6.45, 7) is 0.250. The summed E-state index contributed by atoms with van der Waals surface area (Å²) in [6.07, 6.45) is -0.872. The van der Waals surface area contributed by atoms with Crippen molar-refractivity contribution in [2.75, 3.05) is 13.2 Å². The number of benzene rings is 1. The Morgan fingerprint density at radius 1 is 1.35 bits per heavy atom. The predicted molar refractivity (Wildman–Crippen MR) is 85.9 cm³/mol. The molecule has 1 fully saturated rings. The molecule has 1 aliphatic heterocycles. The van der Waals surface area contributed by atoms with Crippen molar-refractivity contribution in [3.8, 4) is 17.6 Å². The molecule has 132 valence electrons. The number of halogens is 3. The van der Waals surface area contributed by atoms with Gasteiger partial charge in [0.1, 0.15) is 16.2 Å². The number of hydrogen-bond donors (Lipinski definition) is 0. The quantitative estimate of drug-likeness (QED) is 0.690. The number of nitrogens with zero attached hydrogens (tertiary/aromatic N) is 2. The number of aromatic nitrogens is 1. The Kier molecular flexibility index (Phi) is 3.99. The van der Waals surface area contributed by atoms with Crippen LogP contribution in [-0.2, 0) is 15.3 Å². The number of carbonyl (C=O) groups excluding carboxylic acids is 1. The van der Waals surface area contributed by atoms with Crippen LogP contribution in [0.3, 0.4) is 0 Å². The number of ketones is 1. The lowest BCUT2D eigenvalue weighted by atomic mass is 10.1. The topological polar surface area (TPSA) is 81.4 Å². The Labute approximate surface area is 154 Å².